The average molecular weight is 309 g/mol. The van der Waals surface area contributed by atoms with Crippen molar-refractivity contribution in [1.29, 1.82) is 0 Å². The van der Waals surface area contributed by atoms with E-state index < -0.39 is 18.0 Å². The molecule has 1 rings (SSSR count). The number of aliphatic hydroxyl groups is 2. The Balaban J connectivity index is 2.56. The molecule has 1 aromatic carbocycles. The van der Waals surface area contributed by atoms with E-state index in [0.29, 0.717) is 12.0 Å². The Morgan fingerprint density at radius 3 is 2.57 bits per heavy atom. The Hall–Kier alpha value is -1.52. The van der Waals surface area contributed by atoms with Crippen molar-refractivity contribution in [2.24, 2.45) is 0 Å². The van der Waals surface area contributed by atoms with Crippen LogP contribution in [0.1, 0.15) is 44.3 Å². The van der Waals surface area contributed by atoms with Crippen molar-refractivity contribution < 1.29 is 14.6 Å². The van der Waals surface area contributed by atoms with E-state index in [1.54, 1.807) is 0 Å². The van der Waals surface area contributed by atoms with Crippen LogP contribution in [0, 0.1) is 29.5 Å². The third kappa shape index (κ3) is 6.65. The Morgan fingerprint density at radius 1 is 1.19 bits per heavy atom. The van der Waals surface area contributed by atoms with Crippen molar-refractivity contribution in [3.8, 4) is 23.7 Å². The third-order valence-corrected chi connectivity index (χ3v) is 3.14. The monoisotopic (exact) mass is 308 g/mol. The second-order valence-electron chi connectivity index (χ2n) is 4.63. The first-order valence-electron chi connectivity index (χ1n) is 6.86. The van der Waals surface area contributed by atoms with Crippen LogP contribution in [-0.2, 0) is 0 Å². The molecule has 2 nitrogen and oxygen atoms in total. The lowest BCUT2D eigenvalue weighted by atomic mass is 10.1. The van der Waals surface area contributed by atoms with Crippen molar-refractivity contribution in [2.75, 3.05) is 0 Å². The van der Waals surface area contributed by atoms with Gasteiger partial charge in [-0.05, 0) is 42.4 Å². The van der Waals surface area contributed by atoms with Crippen LogP contribution in [0.4, 0.5) is 4.39 Å². The van der Waals surface area contributed by atoms with Gasteiger partial charge in [-0.15, -0.1) is 0 Å². The zero-order valence-corrected chi connectivity index (χ0v) is 12.6. The number of hydrogen-bond donors (Lipinski definition) is 2. The topological polar surface area (TPSA) is 40.5 Å². The van der Waals surface area contributed by atoms with Gasteiger partial charge >= 0.3 is 0 Å². The second-order valence-corrected chi connectivity index (χ2v) is 5.03. The summed E-state index contributed by atoms with van der Waals surface area (Å²) in [5.41, 5.74) is 0.402. The number of rotatable bonds is 5. The number of benzene rings is 1. The van der Waals surface area contributed by atoms with E-state index >= 15 is 0 Å². The molecule has 4 heteroatoms. The lowest BCUT2D eigenvalue weighted by Gasteiger charge is -2.03. The van der Waals surface area contributed by atoms with Gasteiger partial charge in [-0.1, -0.05) is 49.3 Å². The van der Waals surface area contributed by atoms with Crippen LogP contribution in [0.15, 0.2) is 18.2 Å². The molecule has 2 atom stereocenters. The molecule has 0 aliphatic carbocycles. The molecule has 0 bridgehead atoms. The van der Waals surface area contributed by atoms with Crippen molar-refractivity contribution in [1.82, 2.24) is 0 Å². The highest BCUT2D eigenvalue weighted by atomic mass is 35.5. The first-order valence-corrected chi connectivity index (χ1v) is 7.24. The van der Waals surface area contributed by atoms with Crippen molar-refractivity contribution in [3.63, 3.8) is 0 Å². The zero-order chi connectivity index (χ0) is 15.7. The van der Waals surface area contributed by atoms with Gasteiger partial charge in [0.15, 0.2) is 0 Å². The molecule has 0 saturated heterocycles. The fraction of sp³-hybridized carbons (Fsp3) is 0.412. The standard InChI is InChI=1S/C17H18ClFO2/c1-2-3-4-7-14(20)8-5-6-9-17(21)13-10-11-16(19)15(18)12-13/h10-12,14,17,20-21H,2-4,7H2,1H3. The first-order chi connectivity index (χ1) is 10.0. The quantitative estimate of drug-likeness (QED) is 0.646. The van der Waals surface area contributed by atoms with Crippen LogP contribution in [0.3, 0.4) is 0 Å². The Kier molecular flexibility index (Phi) is 7.87. The molecule has 21 heavy (non-hydrogen) atoms. The van der Waals surface area contributed by atoms with E-state index in [-0.39, 0.29) is 5.02 Å². The molecule has 0 fully saturated rings. The summed E-state index contributed by atoms with van der Waals surface area (Å²) in [6.07, 6.45) is 1.92. The summed E-state index contributed by atoms with van der Waals surface area (Å²) >= 11 is 5.63. The maximum Gasteiger partial charge on any atom is 0.141 e. The van der Waals surface area contributed by atoms with Gasteiger partial charge in [0.25, 0.3) is 0 Å². The van der Waals surface area contributed by atoms with E-state index in [0.717, 1.165) is 19.3 Å². The van der Waals surface area contributed by atoms with E-state index in [1.165, 1.54) is 18.2 Å². The SMILES string of the molecule is CCCCCC(O)C#CC#CC(O)c1ccc(F)c(Cl)c1. The van der Waals surface area contributed by atoms with E-state index in [4.69, 9.17) is 11.6 Å². The minimum Gasteiger partial charge on any atom is -0.380 e. The number of aliphatic hydroxyl groups excluding tert-OH is 2. The van der Waals surface area contributed by atoms with Gasteiger partial charge in [-0.2, -0.15) is 0 Å². The van der Waals surface area contributed by atoms with Gasteiger partial charge < -0.3 is 10.2 Å². The van der Waals surface area contributed by atoms with Gasteiger partial charge in [-0.25, -0.2) is 4.39 Å². The third-order valence-electron chi connectivity index (χ3n) is 2.85. The minimum atomic E-state index is -1.09. The number of unbranched alkanes of at least 4 members (excludes halogenated alkanes) is 2. The molecule has 0 aromatic heterocycles. The summed E-state index contributed by atoms with van der Waals surface area (Å²) in [6.45, 7) is 2.09. The fourth-order valence-corrected chi connectivity index (χ4v) is 1.84. The predicted octanol–water partition coefficient (Wildman–Crippen LogP) is 3.46. The van der Waals surface area contributed by atoms with Gasteiger partial charge in [0.2, 0.25) is 0 Å². The molecule has 1 aromatic rings. The lowest BCUT2D eigenvalue weighted by Crippen LogP contribution is -2.01. The molecule has 2 N–H and O–H groups in total. The summed E-state index contributed by atoms with van der Waals surface area (Å²) in [5, 5.41) is 19.3. The summed E-state index contributed by atoms with van der Waals surface area (Å²) in [6, 6.07) is 3.91. The predicted molar refractivity (Wildman–Crippen MR) is 82.1 cm³/mol. The largest absolute Gasteiger partial charge is 0.380 e. The van der Waals surface area contributed by atoms with Gasteiger partial charge in [0.05, 0.1) is 5.02 Å². The molecule has 2 unspecified atom stereocenters. The molecule has 0 aliphatic heterocycles. The normalized spacial score (nSPS) is 12.6. The van der Waals surface area contributed by atoms with Crippen molar-refractivity contribution in [3.05, 3.63) is 34.6 Å². The zero-order valence-electron chi connectivity index (χ0n) is 11.9. The fourth-order valence-electron chi connectivity index (χ4n) is 1.65. The molecule has 0 heterocycles. The highest BCUT2D eigenvalue weighted by Crippen LogP contribution is 2.20. The van der Waals surface area contributed by atoms with Crippen molar-refractivity contribution >= 4 is 11.6 Å². The molecule has 0 radical (unpaired) electrons. The minimum absolute atomic E-state index is 0.0641. The van der Waals surface area contributed by atoms with Gasteiger partial charge in [0, 0.05) is 0 Å². The van der Waals surface area contributed by atoms with E-state index in [9.17, 15) is 14.6 Å². The molecular weight excluding hydrogens is 291 g/mol. The maximum absolute atomic E-state index is 13.0. The summed E-state index contributed by atoms with van der Waals surface area (Å²) in [5.74, 6) is 9.56. The molecule has 0 amide bonds. The lowest BCUT2D eigenvalue weighted by molar-refractivity contribution is 0.217. The maximum atomic E-state index is 13.0. The average Bonchev–Trinajstić information content (AvgIpc) is 2.46. The van der Waals surface area contributed by atoms with E-state index in [2.05, 4.69) is 30.6 Å². The molecule has 0 aliphatic rings. The smallest absolute Gasteiger partial charge is 0.141 e. The van der Waals surface area contributed by atoms with Crippen molar-refractivity contribution in [2.45, 2.75) is 44.8 Å². The summed E-state index contributed by atoms with van der Waals surface area (Å²) < 4.78 is 13.0. The summed E-state index contributed by atoms with van der Waals surface area (Å²) in [4.78, 5) is 0. The Bertz CT molecular complexity index is 578. The van der Waals surface area contributed by atoms with Crippen LogP contribution in [-0.4, -0.2) is 16.3 Å². The van der Waals surface area contributed by atoms with Crippen LogP contribution in [0.2, 0.25) is 5.02 Å². The number of halogens is 2. The molecule has 0 saturated carbocycles. The Labute approximate surface area is 130 Å². The first kappa shape index (κ1) is 17.5. The van der Waals surface area contributed by atoms with Gasteiger partial charge in [0.1, 0.15) is 18.0 Å². The Morgan fingerprint density at radius 2 is 1.90 bits per heavy atom. The molecule has 112 valence electrons. The molecular formula is C17H18ClFO2. The van der Waals surface area contributed by atoms with Crippen LogP contribution >= 0.6 is 11.6 Å². The second kappa shape index (κ2) is 9.42. The highest BCUT2D eigenvalue weighted by molar-refractivity contribution is 6.30. The number of hydrogen-bond acceptors (Lipinski definition) is 2. The van der Waals surface area contributed by atoms with Crippen LogP contribution in [0.5, 0.6) is 0 Å². The van der Waals surface area contributed by atoms with Crippen LogP contribution in [0.25, 0.3) is 0 Å². The van der Waals surface area contributed by atoms with Gasteiger partial charge in [-0.3, -0.25) is 0 Å². The van der Waals surface area contributed by atoms with E-state index in [1.807, 2.05) is 0 Å². The molecule has 0 spiro atoms. The van der Waals surface area contributed by atoms with Crippen LogP contribution < -0.4 is 0 Å². The highest BCUT2D eigenvalue weighted by Gasteiger charge is 2.06. The summed E-state index contributed by atoms with van der Waals surface area (Å²) in [7, 11) is 0.